The molecule has 6 nitrogen and oxygen atoms in total. The lowest BCUT2D eigenvalue weighted by Crippen LogP contribution is -2.59. The smallest absolute Gasteiger partial charge is 0.408 e. The lowest BCUT2D eigenvalue weighted by atomic mass is 9.88. The summed E-state index contributed by atoms with van der Waals surface area (Å²) in [6.07, 6.45) is 0.796. The summed E-state index contributed by atoms with van der Waals surface area (Å²) in [6.45, 7) is 7.00. The average Bonchev–Trinajstić information content (AvgIpc) is 2.54. The first-order valence-electron chi connectivity index (χ1n) is 8.59. The van der Waals surface area contributed by atoms with Crippen LogP contribution in [-0.2, 0) is 9.47 Å². The molecule has 1 fully saturated rings. The number of amides is 2. The highest BCUT2D eigenvalue weighted by Gasteiger charge is 2.38. The summed E-state index contributed by atoms with van der Waals surface area (Å²) in [5, 5.41) is 2.96. The number of nitrogens with one attached hydrogen (secondary N) is 1. The molecule has 1 saturated heterocycles. The summed E-state index contributed by atoms with van der Waals surface area (Å²) < 4.78 is 10.7. The zero-order valence-corrected chi connectivity index (χ0v) is 15.5. The number of benzene rings is 1. The third-order valence-corrected chi connectivity index (χ3v) is 4.22. The van der Waals surface area contributed by atoms with Crippen molar-refractivity contribution in [2.45, 2.75) is 44.8 Å². The zero-order chi connectivity index (χ0) is 18.5. The molecule has 0 unspecified atom stereocenters. The van der Waals surface area contributed by atoms with Gasteiger partial charge in [-0.1, -0.05) is 18.2 Å². The summed E-state index contributed by atoms with van der Waals surface area (Å²) in [7, 11) is 1.61. The molecule has 1 aliphatic heterocycles. The van der Waals surface area contributed by atoms with Gasteiger partial charge in [0.05, 0.1) is 12.1 Å². The number of carbonyl (C=O) groups excluding carboxylic acids is 2. The minimum atomic E-state index is -0.553. The molecule has 6 heteroatoms. The Morgan fingerprint density at radius 1 is 1.16 bits per heavy atom. The fourth-order valence-corrected chi connectivity index (χ4v) is 3.00. The highest BCUT2D eigenvalue weighted by atomic mass is 16.6. The Bertz CT molecular complexity index is 587. The van der Waals surface area contributed by atoms with E-state index < -0.39 is 17.2 Å². The van der Waals surface area contributed by atoms with Gasteiger partial charge in [0.25, 0.3) is 5.91 Å². The Morgan fingerprint density at radius 2 is 1.76 bits per heavy atom. The van der Waals surface area contributed by atoms with Gasteiger partial charge in [-0.05, 0) is 45.7 Å². The van der Waals surface area contributed by atoms with Crippen LogP contribution in [0.25, 0.3) is 0 Å². The van der Waals surface area contributed by atoms with Crippen molar-refractivity contribution < 1.29 is 19.1 Å². The maximum absolute atomic E-state index is 12.6. The predicted octanol–water partition coefficient (Wildman–Crippen LogP) is 2.83. The van der Waals surface area contributed by atoms with E-state index in [0.717, 1.165) is 0 Å². The molecule has 0 spiro atoms. The van der Waals surface area contributed by atoms with Crippen LogP contribution in [0.4, 0.5) is 4.79 Å². The summed E-state index contributed by atoms with van der Waals surface area (Å²) in [6, 6.07) is 9.24. The van der Waals surface area contributed by atoms with E-state index >= 15 is 0 Å². The van der Waals surface area contributed by atoms with Crippen molar-refractivity contribution in [3.8, 4) is 0 Å². The van der Waals surface area contributed by atoms with Gasteiger partial charge in [0.1, 0.15) is 5.60 Å². The standard InChI is InChI=1S/C19H28N2O4/c1-18(2,3)25-17(23)20-19(14-24-4)10-12-21(13-11-19)16(22)15-8-6-5-7-9-15/h5-9H,10-14H2,1-4H3,(H,20,23). The van der Waals surface area contributed by atoms with Crippen LogP contribution in [0, 0.1) is 0 Å². The Kier molecular flexibility index (Phi) is 6.06. The highest BCUT2D eigenvalue weighted by Crippen LogP contribution is 2.25. The van der Waals surface area contributed by atoms with Gasteiger partial charge >= 0.3 is 6.09 Å². The molecule has 1 N–H and O–H groups in total. The molecular formula is C19H28N2O4. The summed E-state index contributed by atoms with van der Waals surface area (Å²) in [5.74, 6) is 0.0175. The number of nitrogens with zero attached hydrogens (tertiary/aromatic N) is 1. The van der Waals surface area contributed by atoms with E-state index in [0.29, 0.717) is 38.1 Å². The monoisotopic (exact) mass is 348 g/mol. The Balaban J connectivity index is 1.99. The van der Waals surface area contributed by atoms with Crippen molar-refractivity contribution in [3.05, 3.63) is 35.9 Å². The van der Waals surface area contributed by atoms with E-state index in [9.17, 15) is 9.59 Å². The van der Waals surface area contributed by atoms with Gasteiger partial charge < -0.3 is 19.7 Å². The molecule has 0 bridgehead atoms. The first kappa shape index (κ1) is 19.2. The first-order chi connectivity index (χ1) is 11.7. The molecule has 25 heavy (non-hydrogen) atoms. The van der Waals surface area contributed by atoms with Gasteiger partial charge in [0.2, 0.25) is 0 Å². The molecule has 0 saturated carbocycles. The van der Waals surface area contributed by atoms with E-state index in [-0.39, 0.29) is 5.91 Å². The van der Waals surface area contributed by atoms with Gasteiger partial charge in [0.15, 0.2) is 0 Å². The average molecular weight is 348 g/mol. The predicted molar refractivity (Wildman–Crippen MR) is 95.6 cm³/mol. The Hall–Kier alpha value is -2.08. The molecule has 1 aromatic rings. The lowest BCUT2D eigenvalue weighted by molar-refractivity contribution is 0.0199. The van der Waals surface area contributed by atoms with Crippen LogP contribution in [-0.4, -0.2) is 54.8 Å². The lowest BCUT2D eigenvalue weighted by Gasteiger charge is -2.42. The van der Waals surface area contributed by atoms with Crippen LogP contribution >= 0.6 is 0 Å². The third-order valence-electron chi connectivity index (χ3n) is 4.22. The van der Waals surface area contributed by atoms with Gasteiger partial charge in [-0.2, -0.15) is 0 Å². The van der Waals surface area contributed by atoms with Crippen LogP contribution in [0.3, 0.4) is 0 Å². The molecular weight excluding hydrogens is 320 g/mol. The van der Waals surface area contributed by atoms with Crippen LogP contribution in [0.1, 0.15) is 44.0 Å². The van der Waals surface area contributed by atoms with Crippen LogP contribution in [0.15, 0.2) is 30.3 Å². The number of piperidine rings is 1. The molecule has 1 aliphatic rings. The number of rotatable bonds is 4. The van der Waals surface area contributed by atoms with Crippen molar-refractivity contribution >= 4 is 12.0 Å². The van der Waals surface area contributed by atoms with Gasteiger partial charge in [0, 0.05) is 25.8 Å². The molecule has 2 rings (SSSR count). The Labute approximate surface area is 149 Å². The molecule has 0 aromatic heterocycles. The van der Waals surface area contributed by atoms with Crippen molar-refractivity contribution in [1.82, 2.24) is 10.2 Å². The second-order valence-corrected chi connectivity index (χ2v) is 7.50. The third kappa shape index (κ3) is 5.46. The van der Waals surface area contributed by atoms with Gasteiger partial charge in [-0.15, -0.1) is 0 Å². The number of methoxy groups -OCH3 is 1. The van der Waals surface area contributed by atoms with E-state index in [1.54, 1.807) is 7.11 Å². The molecule has 0 atom stereocenters. The minimum Gasteiger partial charge on any atom is -0.444 e. The maximum Gasteiger partial charge on any atom is 0.408 e. The van der Waals surface area contributed by atoms with Crippen LogP contribution in [0.5, 0.6) is 0 Å². The zero-order valence-electron chi connectivity index (χ0n) is 15.5. The molecule has 138 valence electrons. The van der Waals surface area contributed by atoms with Gasteiger partial charge in [-0.25, -0.2) is 4.79 Å². The normalized spacial score (nSPS) is 17.0. The quantitative estimate of drug-likeness (QED) is 0.908. The van der Waals surface area contributed by atoms with E-state index in [4.69, 9.17) is 9.47 Å². The summed E-state index contributed by atoms with van der Waals surface area (Å²) in [5.41, 5.74) is -0.380. The second kappa shape index (κ2) is 7.87. The van der Waals surface area contributed by atoms with E-state index in [2.05, 4.69) is 5.32 Å². The Morgan fingerprint density at radius 3 is 2.28 bits per heavy atom. The SMILES string of the molecule is COCC1(NC(=O)OC(C)(C)C)CCN(C(=O)c2ccccc2)CC1. The van der Waals surface area contributed by atoms with Crippen LogP contribution in [0.2, 0.25) is 0 Å². The molecule has 2 amide bonds. The number of ether oxygens (including phenoxy) is 2. The minimum absolute atomic E-state index is 0.0175. The second-order valence-electron chi connectivity index (χ2n) is 7.50. The van der Waals surface area contributed by atoms with Crippen molar-refractivity contribution in [1.29, 1.82) is 0 Å². The summed E-state index contributed by atoms with van der Waals surface area (Å²) in [4.78, 5) is 26.6. The largest absolute Gasteiger partial charge is 0.444 e. The number of likely N-dealkylation sites (tertiary alicyclic amines) is 1. The van der Waals surface area contributed by atoms with Crippen molar-refractivity contribution in [2.75, 3.05) is 26.8 Å². The fraction of sp³-hybridized carbons (Fsp3) is 0.579. The van der Waals surface area contributed by atoms with Crippen LogP contribution < -0.4 is 5.32 Å². The number of carbonyl (C=O) groups is 2. The fourth-order valence-electron chi connectivity index (χ4n) is 3.00. The molecule has 1 aromatic carbocycles. The number of alkyl carbamates (subject to hydrolysis) is 1. The molecule has 0 radical (unpaired) electrons. The van der Waals surface area contributed by atoms with Crippen molar-refractivity contribution in [3.63, 3.8) is 0 Å². The number of hydrogen-bond acceptors (Lipinski definition) is 4. The summed E-state index contributed by atoms with van der Waals surface area (Å²) >= 11 is 0. The molecule has 1 heterocycles. The first-order valence-corrected chi connectivity index (χ1v) is 8.59. The van der Waals surface area contributed by atoms with E-state index in [1.807, 2.05) is 56.0 Å². The maximum atomic E-state index is 12.6. The highest BCUT2D eigenvalue weighted by molar-refractivity contribution is 5.94. The van der Waals surface area contributed by atoms with E-state index in [1.165, 1.54) is 0 Å². The topological polar surface area (TPSA) is 67.9 Å². The van der Waals surface area contributed by atoms with Gasteiger partial charge in [-0.3, -0.25) is 4.79 Å². The molecule has 0 aliphatic carbocycles. The number of hydrogen-bond donors (Lipinski definition) is 1. The van der Waals surface area contributed by atoms with Crippen molar-refractivity contribution in [2.24, 2.45) is 0 Å².